The number of para-hydroxylation sites is 1. The van der Waals surface area contributed by atoms with Crippen LogP contribution >= 0.6 is 0 Å². The van der Waals surface area contributed by atoms with Gasteiger partial charge >= 0.3 is 0 Å². The number of aryl methyl sites for hydroxylation is 1. The smallest absolute Gasteiger partial charge is 0.267 e. The SMILES string of the molecule is Cc1cccc(C(=O)N2CCCN2C(=O)c2cnn(-c3ccccc3)c2C)n1. The van der Waals surface area contributed by atoms with Crippen LogP contribution in [0.25, 0.3) is 5.69 Å². The van der Waals surface area contributed by atoms with Crippen LogP contribution in [0.4, 0.5) is 0 Å². The molecule has 1 saturated heterocycles. The van der Waals surface area contributed by atoms with Crippen LogP contribution in [0.2, 0.25) is 0 Å². The second-order valence-electron chi connectivity index (χ2n) is 6.77. The molecule has 0 saturated carbocycles. The molecule has 0 N–H and O–H groups in total. The van der Waals surface area contributed by atoms with Gasteiger partial charge in [-0.05, 0) is 44.5 Å². The van der Waals surface area contributed by atoms with Crippen LogP contribution in [-0.4, -0.2) is 49.7 Å². The summed E-state index contributed by atoms with van der Waals surface area (Å²) in [5, 5.41) is 7.37. The molecule has 0 aliphatic carbocycles. The highest BCUT2D eigenvalue weighted by Crippen LogP contribution is 2.21. The number of pyridine rings is 1. The first-order valence-electron chi connectivity index (χ1n) is 9.23. The summed E-state index contributed by atoms with van der Waals surface area (Å²) in [5.74, 6) is -0.485. The van der Waals surface area contributed by atoms with Crippen molar-refractivity contribution >= 4 is 11.8 Å². The Balaban J connectivity index is 1.61. The summed E-state index contributed by atoms with van der Waals surface area (Å²) >= 11 is 0. The molecule has 2 aromatic heterocycles. The van der Waals surface area contributed by atoms with E-state index < -0.39 is 0 Å². The van der Waals surface area contributed by atoms with E-state index in [0.717, 1.165) is 23.5 Å². The minimum Gasteiger partial charge on any atom is -0.267 e. The highest BCUT2D eigenvalue weighted by Gasteiger charge is 2.34. The van der Waals surface area contributed by atoms with Crippen LogP contribution in [0, 0.1) is 13.8 Å². The summed E-state index contributed by atoms with van der Waals surface area (Å²) in [6.07, 6.45) is 2.30. The predicted molar refractivity (Wildman–Crippen MR) is 104 cm³/mol. The summed E-state index contributed by atoms with van der Waals surface area (Å²) in [7, 11) is 0. The fourth-order valence-electron chi connectivity index (χ4n) is 3.42. The maximum Gasteiger partial charge on any atom is 0.291 e. The van der Waals surface area contributed by atoms with Gasteiger partial charge in [0.1, 0.15) is 5.69 Å². The summed E-state index contributed by atoms with van der Waals surface area (Å²) in [5.41, 5.74) is 3.22. The molecule has 7 nitrogen and oxygen atoms in total. The Hall–Kier alpha value is -3.48. The third-order valence-electron chi connectivity index (χ3n) is 4.85. The molecule has 0 radical (unpaired) electrons. The third kappa shape index (κ3) is 3.15. The number of hydrazine groups is 1. The fraction of sp³-hybridized carbons (Fsp3) is 0.238. The largest absolute Gasteiger partial charge is 0.291 e. The van der Waals surface area contributed by atoms with Crippen LogP contribution in [-0.2, 0) is 0 Å². The van der Waals surface area contributed by atoms with E-state index in [1.165, 1.54) is 10.0 Å². The first-order chi connectivity index (χ1) is 13.6. The molecule has 28 heavy (non-hydrogen) atoms. The number of hydrogen-bond donors (Lipinski definition) is 0. The lowest BCUT2D eigenvalue weighted by atomic mass is 10.2. The van der Waals surface area contributed by atoms with E-state index in [2.05, 4.69) is 10.1 Å². The topological polar surface area (TPSA) is 71.3 Å². The van der Waals surface area contributed by atoms with Crippen molar-refractivity contribution in [3.8, 4) is 5.69 Å². The molecule has 4 rings (SSSR count). The molecule has 3 aromatic rings. The minimum absolute atomic E-state index is 0.224. The average Bonchev–Trinajstić information content (AvgIpc) is 3.34. The summed E-state index contributed by atoms with van der Waals surface area (Å²) < 4.78 is 1.73. The number of carbonyl (C=O) groups is 2. The Morgan fingerprint density at radius 3 is 2.32 bits per heavy atom. The van der Waals surface area contributed by atoms with E-state index in [1.807, 2.05) is 50.2 Å². The van der Waals surface area contributed by atoms with Gasteiger partial charge in [-0.15, -0.1) is 0 Å². The molecule has 1 aliphatic heterocycles. The number of amides is 2. The number of benzene rings is 1. The standard InChI is InChI=1S/C21H21N5O2/c1-15-8-6-11-19(23-15)21(28)25-13-7-12-24(25)20(27)18-14-22-26(16(18)2)17-9-4-3-5-10-17/h3-6,8-11,14H,7,12-13H2,1-2H3. The van der Waals surface area contributed by atoms with Gasteiger partial charge in [0.15, 0.2) is 0 Å². The Bertz CT molecular complexity index is 1030. The van der Waals surface area contributed by atoms with Crippen LogP contribution in [0.1, 0.15) is 38.7 Å². The summed E-state index contributed by atoms with van der Waals surface area (Å²) in [6, 6.07) is 15.0. The van der Waals surface area contributed by atoms with Gasteiger partial charge in [0.2, 0.25) is 0 Å². The van der Waals surface area contributed by atoms with E-state index in [4.69, 9.17) is 0 Å². The lowest BCUT2D eigenvalue weighted by molar-refractivity contribution is 0.0182. The van der Waals surface area contributed by atoms with Gasteiger partial charge in [-0.2, -0.15) is 5.10 Å². The summed E-state index contributed by atoms with van der Waals surface area (Å²) in [4.78, 5) is 30.4. The van der Waals surface area contributed by atoms with E-state index in [0.29, 0.717) is 24.3 Å². The molecular weight excluding hydrogens is 354 g/mol. The Morgan fingerprint density at radius 1 is 0.893 bits per heavy atom. The highest BCUT2D eigenvalue weighted by atomic mass is 16.2. The van der Waals surface area contributed by atoms with E-state index in [1.54, 1.807) is 23.0 Å². The molecule has 1 aliphatic rings. The van der Waals surface area contributed by atoms with Gasteiger partial charge in [0.25, 0.3) is 11.8 Å². The predicted octanol–water partition coefficient (Wildman–Crippen LogP) is 2.79. The lowest BCUT2D eigenvalue weighted by Gasteiger charge is -2.27. The lowest BCUT2D eigenvalue weighted by Crippen LogP contribution is -2.45. The first-order valence-corrected chi connectivity index (χ1v) is 9.23. The van der Waals surface area contributed by atoms with Crippen molar-refractivity contribution in [1.29, 1.82) is 0 Å². The molecule has 0 atom stereocenters. The van der Waals surface area contributed by atoms with Gasteiger partial charge in [0, 0.05) is 18.8 Å². The molecule has 7 heteroatoms. The molecule has 0 spiro atoms. The second kappa shape index (κ2) is 7.26. The van der Waals surface area contributed by atoms with Crippen LogP contribution in [0.3, 0.4) is 0 Å². The zero-order valence-electron chi connectivity index (χ0n) is 15.9. The van der Waals surface area contributed by atoms with Gasteiger partial charge < -0.3 is 0 Å². The number of carbonyl (C=O) groups excluding carboxylic acids is 2. The Morgan fingerprint density at radius 2 is 1.61 bits per heavy atom. The Kier molecular flexibility index (Phi) is 4.65. The molecular formula is C21H21N5O2. The Labute approximate surface area is 163 Å². The van der Waals surface area contributed by atoms with Gasteiger partial charge in [-0.25, -0.2) is 19.7 Å². The normalized spacial score (nSPS) is 13.8. The van der Waals surface area contributed by atoms with Crippen molar-refractivity contribution in [2.45, 2.75) is 20.3 Å². The number of nitrogens with zero attached hydrogens (tertiary/aromatic N) is 5. The zero-order valence-corrected chi connectivity index (χ0v) is 15.9. The monoisotopic (exact) mass is 375 g/mol. The van der Waals surface area contributed by atoms with E-state index in [9.17, 15) is 9.59 Å². The molecule has 3 heterocycles. The molecule has 142 valence electrons. The molecule has 0 bridgehead atoms. The maximum atomic E-state index is 13.2. The fourth-order valence-corrected chi connectivity index (χ4v) is 3.42. The van der Waals surface area contributed by atoms with E-state index >= 15 is 0 Å². The summed E-state index contributed by atoms with van der Waals surface area (Å²) in [6.45, 7) is 4.68. The van der Waals surface area contributed by atoms with Gasteiger partial charge in [-0.1, -0.05) is 24.3 Å². The number of aromatic nitrogens is 3. The van der Waals surface area contributed by atoms with Crippen LogP contribution < -0.4 is 0 Å². The number of rotatable bonds is 3. The average molecular weight is 375 g/mol. The van der Waals surface area contributed by atoms with Crippen LogP contribution in [0.5, 0.6) is 0 Å². The van der Waals surface area contributed by atoms with Crippen molar-refractivity contribution in [3.05, 3.63) is 77.4 Å². The molecule has 1 aromatic carbocycles. The number of hydrogen-bond acceptors (Lipinski definition) is 4. The van der Waals surface area contributed by atoms with Gasteiger partial charge in [0.05, 0.1) is 23.1 Å². The first kappa shape index (κ1) is 17.9. The van der Waals surface area contributed by atoms with Crippen molar-refractivity contribution in [3.63, 3.8) is 0 Å². The van der Waals surface area contributed by atoms with E-state index in [-0.39, 0.29) is 11.8 Å². The molecule has 1 fully saturated rings. The highest BCUT2D eigenvalue weighted by molar-refractivity contribution is 5.99. The quantitative estimate of drug-likeness (QED) is 0.706. The second-order valence-corrected chi connectivity index (χ2v) is 6.77. The van der Waals surface area contributed by atoms with Crippen molar-refractivity contribution < 1.29 is 9.59 Å². The van der Waals surface area contributed by atoms with Crippen molar-refractivity contribution in [1.82, 2.24) is 24.8 Å². The maximum absolute atomic E-state index is 13.2. The van der Waals surface area contributed by atoms with Crippen molar-refractivity contribution in [2.75, 3.05) is 13.1 Å². The zero-order chi connectivity index (χ0) is 19.7. The van der Waals surface area contributed by atoms with Gasteiger partial charge in [-0.3, -0.25) is 9.59 Å². The molecule has 2 amide bonds. The van der Waals surface area contributed by atoms with Crippen LogP contribution in [0.15, 0.2) is 54.7 Å². The molecule has 0 unspecified atom stereocenters. The van der Waals surface area contributed by atoms with Crippen molar-refractivity contribution in [2.24, 2.45) is 0 Å². The minimum atomic E-state index is -0.261. The third-order valence-corrected chi connectivity index (χ3v) is 4.85.